The topological polar surface area (TPSA) is 88.5 Å². The molecule has 2 fully saturated rings. The molecular weight excluding hydrogens is 388 g/mol. The van der Waals surface area contributed by atoms with Gasteiger partial charge in [0.2, 0.25) is 5.91 Å². The lowest BCUT2D eigenvalue weighted by Gasteiger charge is -2.50. The Labute approximate surface area is 175 Å². The van der Waals surface area contributed by atoms with Crippen LogP contribution in [0, 0.1) is 5.41 Å². The Bertz CT molecular complexity index is 935. The molecule has 1 aliphatic carbocycles. The highest BCUT2D eigenvalue weighted by Crippen LogP contribution is 2.41. The standard InChI is InChI=1S/C22H25ClN4O2/c1-21(29)11-15(12-21)27-18(28)13-22(2,26-20(27)24)16-9-6-10-17(19(16)23)25-14-7-4-3-5-8-14/h3-10,15,25,29H,11-13H2,1-2H3,(H2,24,26)/t15-,21+,22-/m0/s1. The molecular formula is C22H25ClN4O2. The SMILES string of the molecule is C[C@@]1(c2cccc(Nc3ccccc3)c2Cl)CC(=O)N([C@H]2C[C@@](C)(O)C2)C(=N)N1. The second-order valence-corrected chi connectivity index (χ2v) is 8.84. The van der Waals surface area contributed by atoms with Gasteiger partial charge in [0.15, 0.2) is 5.96 Å². The summed E-state index contributed by atoms with van der Waals surface area (Å²) in [5.41, 5.74) is 0.878. The first-order valence-electron chi connectivity index (χ1n) is 9.71. The summed E-state index contributed by atoms with van der Waals surface area (Å²) in [6.07, 6.45) is 1.15. The molecule has 2 aromatic carbocycles. The molecule has 6 nitrogen and oxygen atoms in total. The summed E-state index contributed by atoms with van der Waals surface area (Å²) in [6, 6.07) is 15.3. The van der Waals surface area contributed by atoms with E-state index in [2.05, 4.69) is 10.6 Å². The van der Waals surface area contributed by atoms with E-state index in [4.69, 9.17) is 17.0 Å². The van der Waals surface area contributed by atoms with Gasteiger partial charge in [-0.25, -0.2) is 0 Å². The Hall–Kier alpha value is -2.57. The minimum Gasteiger partial charge on any atom is -0.390 e. The fourth-order valence-corrected chi connectivity index (χ4v) is 4.68. The molecule has 152 valence electrons. The molecule has 1 atom stereocenters. The number of aliphatic hydroxyl groups is 1. The molecule has 0 aromatic heterocycles. The Balaban J connectivity index is 1.58. The maximum Gasteiger partial charge on any atom is 0.232 e. The zero-order chi connectivity index (χ0) is 20.8. The second kappa shape index (κ2) is 7.04. The van der Waals surface area contributed by atoms with Gasteiger partial charge in [-0.05, 0) is 50.5 Å². The van der Waals surface area contributed by atoms with Gasteiger partial charge >= 0.3 is 0 Å². The summed E-state index contributed by atoms with van der Waals surface area (Å²) < 4.78 is 0. The van der Waals surface area contributed by atoms with Crippen molar-refractivity contribution in [2.24, 2.45) is 0 Å². The summed E-state index contributed by atoms with van der Waals surface area (Å²) >= 11 is 6.72. The van der Waals surface area contributed by atoms with Crippen LogP contribution < -0.4 is 10.6 Å². The largest absolute Gasteiger partial charge is 0.390 e. The molecule has 1 saturated carbocycles. The molecule has 4 rings (SSSR count). The number of nitrogens with one attached hydrogen (secondary N) is 3. The van der Waals surface area contributed by atoms with E-state index in [1.54, 1.807) is 6.92 Å². The second-order valence-electron chi connectivity index (χ2n) is 8.46. The van der Waals surface area contributed by atoms with Crippen molar-refractivity contribution < 1.29 is 9.90 Å². The highest BCUT2D eigenvalue weighted by Gasteiger charge is 2.49. The lowest BCUT2D eigenvalue weighted by molar-refractivity contribution is -0.139. The number of carbonyl (C=O) groups is 1. The van der Waals surface area contributed by atoms with Gasteiger partial charge in [0.1, 0.15) is 0 Å². The number of nitrogens with zero attached hydrogens (tertiary/aromatic N) is 1. The van der Waals surface area contributed by atoms with E-state index in [1.807, 2.05) is 55.5 Å². The number of benzene rings is 2. The normalized spacial score (nSPS) is 29.2. The molecule has 0 radical (unpaired) electrons. The fraction of sp³-hybridized carbons (Fsp3) is 0.364. The third-order valence-corrected chi connectivity index (χ3v) is 6.18. The summed E-state index contributed by atoms with van der Waals surface area (Å²) in [5.74, 6) is -0.0732. The number of hydrogen-bond donors (Lipinski definition) is 4. The van der Waals surface area contributed by atoms with Crippen LogP contribution in [0.3, 0.4) is 0 Å². The van der Waals surface area contributed by atoms with Crippen molar-refractivity contribution in [1.82, 2.24) is 10.2 Å². The first-order valence-corrected chi connectivity index (χ1v) is 10.1. The van der Waals surface area contributed by atoms with Crippen molar-refractivity contribution in [3.05, 3.63) is 59.1 Å². The molecule has 1 amide bonds. The van der Waals surface area contributed by atoms with Crippen molar-refractivity contribution in [1.29, 1.82) is 5.41 Å². The first kappa shape index (κ1) is 19.7. The lowest BCUT2D eigenvalue weighted by atomic mass is 9.75. The Morgan fingerprint density at radius 2 is 1.86 bits per heavy atom. The Morgan fingerprint density at radius 3 is 2.48 bits per heavy atom. The predicted octanol–water partition coefficient (Wildman–Crippen LogP) is 3.97. The van der Waals surface area contributed by atoms with Gasteiger partial charge in [-0.15, -0.1) is 0 Å². The molecule has 1 heterocycles. The number of guanidine groups is 1. The third-order valence-electron chi connectivity index (χ3n) is 5.77. The van der Waals surface area contributed by atoms with Crippen molar-refractivity contribution in [2.45, 2.75) is 50.3 Å². The quantitative estimate of drug-likeness (QED) is 0.611. The van der Waals surface area contributed by atoms with Crippen molar-refractivity contribution in [3.63, 3.8) is 0 Å². The molecule has 0 unspecified atom stereocenters. The maximum atomic E-state index is 12.9. The highest BCUT2D eigenvalue weighted by molar-refractivity contribution is 6.34. The van der Waals surface area contributed by atoms with Crippen molar-refractivity contribution in [3.8, 4) is 0 Å². The van der Waals surface area contributed by atoms with Crippen LogP contribution in [0.1, 0.15) is 38.7 Å². The number of anilines is 2. The smallest absolute Gasteiger partial charge is 0.232 e. The number of amides is 1. The summed E-state index contributed by atoms with van der Waals surface area (Å²) in [6.45, 7) is 3.64. The average Bonchev–Trinajstić information content (AvgIpc) is 2.62. The van der Waals surface area contributed by atoms with Gasteiger partial charge in [-0.3, -0.25) is 15.1 Å². The number of rotatable bonds is 4. The van der Waals surface area contributed by atoms with Crippen LogP contribution in [0.2, 0.25) is 5.02 Å². The molecule has 1 aliphatic heterocycles. The van der Waals surface area contributed by atoms with Crippen LogP contribution >= 0.6 is 11.6 Å². The van der Waals surface area contributed by atoms with E-state index in [-0.39, 0.29) is 24.3 Å². The molecule has 4 N–H and O–H groups in total. The van der Waals surface area contributed by atoms with Gasteiger partial charge in [-0.1, -0.05) is 41.9 Å². The first-order chi connectivity index (χ1) is 13.7. The Kier molecular flexibility index (Phi) is 4.79. The monoisotopic (exact) mass is 412 g/mol. The van der Waals surface area contributed by atoms with Crippen LogP contribution in [0.25, 0.3) is 0 Å². The van der Waals surface area contributed by atoms with E-state index < -0.39 is 11.1 Å². The molecule has 0 bridgehead atoms. The summed E-state index contributed by atoms with van der Waals surface area (Å²) in [5, 5.41) is 25.5. The van der Waals surface area contributed by atoms with Crippen LogP contribution in [0.4, 0.5) is 11.4 Å². The van der Waals surface area contributed by atoms with Gasteiger partial charge in [0, 0.05) is 11.7 Å². The lowest BCUT2D eigenvalue weighted by Crippen LogP contribution is -2.66. The van der Waals surface area contributed by atoms with Crippen molar-refractivity contribution >= 4 is 34.8 Å². The zero-order valence-electron chi connectivity index (χ0n) is 16.5. The number of para-hydroxylation sites is 1. The van der Waals surface area contributed by atoms with Crippen molar-refractivity contribution in [2.75, 3.05) is 5.32 Å². The van der Waals surface area contributed by atoms with E-state index in [1.165, 1.54) is 4.90 Å². The highest BCUT2D eigenvalue weighted by atomic mass is 35.5. The molecule has 1 saturated heterocycles. The fourth-order valence-electron chi connectivity index (χ4n) is 4.30. The maximum absolute atomic E-state index is 12.9. The number of hydrogen-bond acceptors (Lipinski definition) is 4. The van der Waals surface area contributed by atoms with E-state index in [9.17, 15) is 9.90 Å². The zero-order valence-corrected chi connectivity index (χ0v) is 17.3. The molecule has 7 heteroatoms. The van der Waals surface area contributed by atoms with Crippen LogP contribution in [-0.2, 0) is 10.3 Å². The Morgan fingerprint density at radius 1 is 1.17 bits per heavy atom. The van der Waals surface area contributed by atoms with Gasteiger partial charge < -0.3 is 15.7 Å². The summed E-state index contributed by atoms with van der Waals surface area (Å²) in [7, 11) is 0. The number of carbonyl (C=O) groups excluding carboxylic acids is 1. The van der Waals surface area contributed by atoms with Crippen LogP contribution in [0.15, 0.2) is 48.5 Å². The minimum absolute atomic E-state index is 0.0572. The summed E-state index contributed by atoms with van der Waals surface area (Å²) in [4.78, 5) is 14.4. The van der Waals surface area contributed by atoms with E-state index >= 15 is 0 Å². The average molecular weight is 413 g/mol. The van der Waals surface area contributed by atoms with Gasteiger partial charge in [0.05, 0.1) is 28.3 Å². The van der Waals surface area contributed by atoms with Crippen LogP contribution in [0.5, 0.6) is 0 Å². The van der Waals surface area contributed by atoms with E-state index in [0.717, 1.165) is 16.9 Å². The van der Waals surface area contributed by atoms with Gasteiger partial charge in [0.25, 0.3) is 0 Å². The van der Waals surface area contributed by atoms with Gasteiger partial charge in [-0.2, -0.15) is 0 Å². The molecule has 0 spiro atoms. The molecule has 2 aromatic rings. The molecule has 2 aliphatic rings. The predicted molar refractivity (Wildman–Crippen MR) is 114 cm³/mol. The minimum atomic E-state index is -0.789. The van der Waals surface area contributed by atoms with E-state index in [0.29, 0.717) is 17.9 Å². The number of halogens is 1. The van der Waals surface area contributed by atoms with Crippen LogP contribution in [-0.4, -0.2) is 33.5 Å². The third kappa shape index (κ3) is 3.70. The molecule has 29 heavy (non-hydrogen) atoms.